The van der Waals surface area contributed by atoms with Crippen molar-refractivity contribution in [3.8, 4) is 0 Å². The minimum atomic E-state index is -0.359. The molecule has 0 unspecified atom stereocenters. The molecule has 2 aliphatic carbocycles. The van der Waals surface area contributed by atoms with Crippen LogP contribution < -0.4 is 0 Å². The Morgan fingerprint density at radius 3 is 1.78 bits per heavy atom. The molecule has 0 radical (unpaired) electrons. The molecule has 0 spiro atoms. The van der Waals surface area contributed by atoms with Crippen LogP contribution in [0.1, 0.15) is 49.9 Å². The Morgan fingerprint density at radius 1 is 0.667 bits per heavy atom. The number of hydrogen-bond donors (Lipinski definition) is 2. The molecule has 0 saturated heterocycles. The first-order valence-electron chi connectivity index (χ1n) is 11.5. The number of Topliss-reactive ketones (excluding diaryl/α,β-unsaturated/α-hetero) is 4. The normalized spacial score (nSPS) is 16.0. The van der Waals surface area contributed by atoms with Gasteiger partial charge in [0.1, 0.15) is 22.5 Å². The van der Waals surface area contributed by atoms with Gasteiger partial charge in [-0.15, -0.1) is 0 Å². The molecule has 0 aliphatic heterocycles. The first-order chi connectivity index (χ1) is 17.4. The minimum absolute atomic E-state index is 0.0981. The third-order valence-corrected chi connectivity index (χ3v) is 5.85. The Labute approximate surface area is 206 Å². The van der Waals surface area contributed by atoms with Crippen LogP contribution in [0, 0.1) is 0 Å². The van der Waals surface area contributed by atoms with Crippen LogP contribution in [-0.4, -0.2) is 48.3 Å². The minimum Gasteiger partial charge on any atom is -0.505 e. The lowest BCUT2D eigenvalue weighted by molar-refractivity contribution is -0.125. The van der Waals surface area contributed by atoms with Crippen molar-refractivity contribution < 1.29 is 29.4 Å². The smallest absolute Gasteiger partial charge is 0.170 e. The summed E-state index contributed by atoms with van der Waals surface area (Å²) >= 11 is 0. The highest BCUT2D eigenvalue weighted by Crippen LogP contribution is 2.25. The Bertz CT molecular complexity index is 1390. The van der Waals surface area contributed by atoms with Crippen molar-refractivity contribution in [3.05, 3.63) is 77.5 Å². The molecule has 9 heteroatoms. The standard InChI is InChI=1S/C16H13NO3.C11H10N2O3/c18-13-6-3-7-14(19)15(13)16(20)12-9-8-10-4-1-2-5-11(10)17-12;14-8-2-1-3-9(15)10(8)11(16)7-6-12-4-5-13-7/h1-2,4-5,8-9,20H,3,6-7H2;4-6,16H,1-3H2. The van der Waals surface area contributed by atoms with Gasteiger partial charge in [-0.3, -0.25) is 24.2 Å². The van der Waals surface area contributed by atoms with Gasteiger partial charge in [-0.05, 0) is 25.0 Å². The molecular weight excluding hydrogens is 462 g/mol. The number of aliphatic hydroxyl groups is 2. The van der Waals surface area contributed by atoms with Crippen molar-refractivity contribution in [3.63, 3.8) is 0 Å². The van der Waals surface area contributed by atoms with E-state index in [-0.39, 0.29) is 57.2 Å². The number of benzene rings is 1. The number of carbonyl (C=O) groups is 4. The average molecular weight is 485 g/mol. The number of aromatic nitrogens is 3. The van der Waals surface area contributed by atoms with Crippen molar-refractivity contribution in [1.82, 2.24) is 15.0 Å². The van der Waals surface area contributed by atoms with Crippen molar-refractivity contribution in [2.24, 2.45) is 0 Å². The van der Waals surface area contributed by atoms with Crippen LogP contribution in [0.15, 0.2) is 66.1 Å². The Morgan fingerprint density at radius 2 is 1.22 bits per heavy atom. The molecule has 2 aromatic heterocycles. The molecule has 0 amide bonds. The van der Waals surface area contributed by atoms with Crippen LogP contribution in [0.3, 0.4) is 0 Å². The molecule has 0 bridgehead atoms. The van der Waals surface area contributed by atoms with Gasteiger partial charge in [0, 0.05) is 43.5 Å². The zero-order valence-corrected chi connectivity index (χ0v) is 19.3. The number of pyridine rings is 1. The number of hydrogen-bond acceptors (Lipinski definition) is 9. The molecule has 182 valence electrons. The first kappa shape index (κ1) is 24.6. The predicted molar refractivity (Wildman–Crippen MR) is 131 cm³/mol. The highest BCUT2D eigenvalue weighted by atomic mass is 16.3. The van der Waals surface area contributed by atoms with Gasteiger partial charge in [0.15, 0.2) is 34.7 Å². The van der Waals surface area contributed by atoms with E-state index in [0.717, 1.165) is 5.39 Å². The van der Waals surface area contributed by atoms with E-state index >= 15 is 0 Å². The Hall–Kier alpha value is -4.53. The van der Waals surface area contributed by atoms with Crippen LogP contribution in [0.2, 0.25) is 0 Å². The van der Waals surface area contributed by atoms with Gasteiger partial charge in [-0.25, -0.2) is 9.97 Å². The van der Waals surface area contributed by atoms with E-state index in [1.807, 2.05) is 30.3 Å². The molecular formula is C27H23N3O6. The molecule has 1 aromatic carbocycles. The lowest BCUT2D eigenvalue weighted by Crippen LogP contribution is -2.20. The summed E-state index contributed by atoms with van der Waals surface area (Å²) in [5, 5.41) is 21.0. The molecule has 3 aromatic rings. The second-order valence-electron chi connectivity index (χ2n) is 8.33. The van der Waals surface area contributed by atoms with Gasteiger partial charge < -0.3 is 10.2 Å². The Balaban J connectivity index is 0.000000174. The second kappa shape index (κ2) is 10.8. The highest BCUT2D eigenvalue weighted by molar-refractivity contribution is 6.26. The largest absolute Gasteiger partial charge is 0.505 e. The van der Waals surface area contributed by atoms with Crippen molar-refractivity contribution in [2.45, 2.75) is 38.5 Å². The lowest BCUT2D eigenvalue weighted by Gasteiger charge is -2.13. The van der Waals surface area contributed by atoms with E-state index in [0.29, 0.717) is 44.0 Å². The van der Waals surface area contributed by atoms with Crippen molar-refractivity contribution >= 4 is 45.6 Å². The maximum Gasteiger partial charge on any atom is 0.170 e. The van der Waals surface area contributed by atoms with Crippen LogP contribution in [-0.2, 0) is 19.2 Å². The van der Waals surface area contributed by atoms with E-state index in [4.69, 9.17) is 0 Å². The number of fused-ring (bicyclic) bond motifs is 1. The maximum absolute atomic E-state index is 11.8. The molecule has 0 atom stereocenters. The summed E-state index contributed by atoms with van der Waals surface area (Å²) in [6, 6.07) is 10.9. The zero-order chi connectivity index (χ0) is 25.7. The fourth-order valence-corrected chi connectivity index (χ4v) is 4.03. The van der Waals surface area contributed by atoms with E-state index in [2.05, 4.69) is 15.0 Å². The molecule has 5 rings (SSSR count). The van der Waals surface area contributed by atoms with E-state index < -0.39 is 0 Å². The Kier molecular flexibility index (Phi) is 7.39. The van der Waals surface area contributed by atoms with E-state index in [9.17, 15) is 29.4 Å². The van der Waals surface area contributed by atoms with Crippen LogP contribution in [0.4, 0.5) is 0 Å². The molecule has 2 heterocycles. The molecule has 9 nitrogen and oxygen atoms in total. The number of ketones is 4. The number of allylic oxidation sites excluding steroid dienone is 2. The first-order valence-corrected chi connectivity index (χ1v) is 11.5. The predicted octanol–water partition coefficient (Wildman–Crippen LogP) is 3.89. The number of para-hydroxylation sites is 1. The zero-order valence-electron chi connectivity index (χ0n) is 19.3. The van der Waals surface area contributed by atoms with Gasteiger partial charge in [0.05, 0.1) is 11.7 Å². The number of rotatable bonds is 2. The average Bonchev–Trinajstić information content (AvgIpc) is 2.89. The second-order valence-corrected chi connectivity index (χ2v) is 8.33. The van der Waals surface area contributed by atoms with E-state index in [1.165, 1.54) is 18.6 Å². The summed E-state index contributed by atoms with van der Waals surface area (Å²) < 4.78 is 0. The van der Waals surface area contributed by atoms with Crippen LogP contribution in [0.25, 0.3) is 22.4 Å². The van der Waals surface area contributed by atoms with Gasteiger partial charge in [0.2, 0.25) is 0 Å². The molecule has 2 fully saturated rings. The number of aliphatic hydroxyl groups excluding tert-OH is 2. The molecule has 2 saturated carbocycles. The van der Waals surface area contributed by atoms with Crippen LogP contribution >= 0.6 is 0 Å². The third-order valence-electron chi connectivity index (χ3n) is 5.85. The van der Waals surface area contributed by atoms with Crippen LogP contribution in [0.5, 0.6) is 0 Å². The summed E-state index contributed by atoms with van der Waals surface area (Å²) in [7, 11) is 0. The van der Waals surface area contributed by atoms with Gasteiger partial charge in [0.25, 0.3) is 0 Å². The number of nitrogens with zero attached hydrogens (tertiary/aromatic N) is 3. The van der Waals surface area contributed by atoms with E-state index in [1.54, 1.807) is 6.07 Å². The monoisotopic (exact) mass is 485 g/mol. The SMILES string of the molecule is O=C1CCCC(=O)C1=C(O)c1ccc2ccccc2n1.O=C1CCCC(=O)C1=C(O)c1cnccn1. The van der Waals surface area contributed by atoms with Gasteiger partial charge >= 0.3 is 0 Å². The van der Waals surface area contributed by atoms with Crippen molar-refractivity contribution in [1.29, 1.82) is 0 Å². The molecule has 36 heavy (non-hydrogen) atoms. The molecule has 2 aliphatic rings. The quantitative estimate of drug-likeness (QED) is 0.313. The summed E-state index contributed by atoms with van der Waals surface area (Å²) in [5.74, 6) is -1.89. The third kappa shape index (κ3) is 5.25. The molecule has 2 N–H and O–H groups in total. The van der Waals surface area contributed by atoms with Gasteiger partial charge in [-0.1, -0.05) is 24.3 Å². The fourth-order valence-electron chi connectivity index (χ4n) is 4.03. The maximum atomic E-state index is 11.8. The number of carbonyl (C=O) groups excluding carboxylic acids is 4. The fraction of sp³-hybridized carbons (Fsp3) is 0.222. The highest BCUT2D eigenvalue weighted by Gasteiger charge is 2.29. The topological polar surface area (TPSA) is 147 Å². The summed E-state index contributed by atoms with van der Waals surface area (Å²) in [5.41, 5.74) is 0.905. The lowest BCUT2D eigenvalue weighted by atomic mass is 9.90. The summed E-state index contributed by atoms with van der Waals surface area (Å²) in [6.07, 6.45) is 6.47. The van der Waals surface area contributed by atoms with Crippen molar-refractivity contribution in [2.75, 3.05) is 0 Å². The summed E-state index contributed by atoms with van der Waals surface area (Å²) in [6.45, 7) is 0. The van der Waals surface area contributed by atoms with Gasteiger partial charge in [-0.2, -0.15) is 0 Å². The summed E-state index contributed by atoms with van der Waals surface area (Å²) in [4.78, 5) is 58.6.